The Kier molecular flexibility index (Phi) is 4.76. The molecular weight excluding hydrogens is 218 g/mol. The van der Waals surface area contributed by atoms with Gasteiger partial charge in [-0.1, -0.05) is 42.3 Å². The van der Waals surface area contributed by atoms with Crippen LogP contribution in [-0.4, -0.2) is 13.1 Å². The lowest BCUT2D eigenvalue weighted by Gasteiger charge is -2.29. The van der Waals surface area contributed by atoms with Crippen molar-refractivity contribution in [1.29, 1.82) is 0 Å². The van der Waals surface area contributed by atoms with Gasteiger partial charge in [0.2, 0.25) is 0 Å². The Morgan fingerprint density at radius 3 is 2.67 bits per heavy atom. The number of likely N-dealkylation sites (N-methyl/N-ethyl adjacent to an activating group) is 1. The van der Waals surface area contributed by atoms with Crippen LogP contribution < -0.4 is 5.32 Å². The number of rotatable bonds is 5. The molecular formula is C17H23N. The molecule has 0 saturated carbocycles. The summed E-state index contributed by atoms with van der Waals surface area (Å²) < 4.78 is 0. The Bertz CT molecular complexity index is 463. The van der Waals surface area contributed by atoms with Gasteiger partial charge in [0.05, 0.1) is 0 Å². The third-order valence-corrected chi connectivity index (χ3v) is 3.45. The number of hydrogen-bond donors (Lipinski definition) is 1. The van der Waals surface area contributed by atoms with Gasteiger partial charge in [-0.05, 0) is 45.4 Å². The number of benzene rings is 1. The largest absolute Gasteiger partial charge is 0.315 e. The zero-order valence-electron chi connectivity index (χ0n) is 11.9. The van der Waals surface area contributed by atoms with E-state index in [2.05, 4.69) is 55.9 Å². The lowest BCUT2D eigenvalue weighted by atomic mass is 9.81. The molecule has 0 heterocycles. The van der Waals surface area contributed by atoms with E-state index in [0.29, 0.717) is 0 Å². The van der Waals surface area contributed by atoms with Crippen LogP contribution in [0.1, 0.15) is 31.9 Å². The summed E-state index contributed by atoms with van der Waals surface area (Å²) in [6, 6.07) is 8.77. The average molecular weight is 241 g/mol. The molecule has 18 heavy (non-hydrogen) atoms. The van der Waals surface area contributed by atoms with E-state index in [9.17, 15) is 0 Å². The van der Waals surface area contributed by atoms with Crippen LogP contribution in [0.5, 0.6) is 0 Å². The zero-order valence-corrected chi connectivity index (χ0v) is 11.9. The lowest BCUT2D eigenvalue weighted by molar-refractivity contribution is 0.337. The normalized spacial score (nSPS) is 12.8. The van der Waals surface area contributed by atoms with Gasteiger partial charge in [-0.3, -0.25) is 0 Å². The van der Waals surface area contributed by atoms with E-state index in [-0.39, 0.29) is 11.5 Å². The molecule has 96 valence electrons. The standard InChI is InChI=1S/C17H23N/c1-7-17(4,5)16(18-6)12-14-9-8-10-15(11-14)13(2)3/h1,8-11,16,18H,2,12H2,3-6H3/t16-/m0/s1. The fraction of sp³-hybridized carbons (Fsp3) is 0.412. The zero-order chi connectivity index (χ0) is 13.8. The van der Waals surface area contributed by atoms with Crippen molar-refractivity contribution in [3.05, 3.63) is 42.0 Å². The number of terminal acetylenes is 1. The van der Waals surface area contributed by atoms with Crippen molar-refractivity contribution in [3.63, 3.8) is 0 Å². The molecule has 0 radical (unpaired) electrons. The third-order valence-electron chi connectivity index (χ3n) is 3.45. The minimum atomic E-state index is -0.159. The van der Waals surface area contributed by atoms with Crippen molar-refractivity contribution in [2.45, 2.75) is 33.2 Å². The molecule has 1 N–H and O–H groups in total. The fourth-order valence-corrected chi connectivity index (χ4v) is 2.02. The molecule has 0 aliphatic rings. The van der Waals surface area contributed by atoms with E-state index >= 15 is 0 Å². The fourth-order valence-electron chi connectivity index (χ4n) is 2.02. The van der Waals surface area contributed by atoms with Gasteiger partial charge in [0, 0.05) is 11.5 Å². The molecule has 1 aromatic rings. The molecule has 0 aromatic heterocycles. The van der Waals surface area contributed by atoms with Crippen molar-refractivity contribution in [2.75, 3.05) is 7.05 Å². The van der Waals surface area contributed by atoms with Gasteiger partial charge >= 0.3 is 0 Å². The van der Waals surface area contributed by atoms with Gasteiger partial charge in [0.25, 0.3) is 0 Å². The van der Waals surface area contributed by atoms with Gasteiger partial charge in [0.15, 0.2) is 0 Å². The van der Waals surface area contributed by atoms with E-state index in [0.717, 1.165) is 12.0 Å². The van der Waals surface area contributed by atoms with Crippen LogP contribution in [-0.2, 0) is 6.42 Å². The molecule has 0 fully saturated rings. The Labute approximate surface area is 111 Å². The molecule has 0 aliphatic heterocycles. The second-order valence-corrected chi connectivity index (χ2v) is 5.39. The summed E-state index contributed by atoms with van der Waals surface area (Å²) in [5.74, 6) is 2.87. The summed E-state index contributed by atoms with van der Waals surface area (Å²) in [5, 5.41) is 3.33. The van der Waals surface area contributed by atoms with Crippen molar-refractivity contribution in [2.24, 2.45) is 5.41 Å². The lowest BCUT2D eigenvalue weighted by Crippen LogP contribution is -2.40. The molecule has 1 aromatic carbocycles. The summed E-state index contributed by atoms with van der Waals surface area (Å²) in [6.45, 7) is 10.2. The highest BCUT2D eigenvalue weighted by molar-refractivity contribution is 5.61. The summed E-state index contributed by atoms with van der Waals surface area (Å²) in [5.41, 5.74) is 3.42. The molecule has 0 bridgehead atoms. The van der Waals surface area contributed by atoms with Gasteiger partial charge in [0.1, 0.15) is 0 Å². The molecule has 1 heteroatoms. The van der Waals surface area contributed by atoms with Gasteiger partial charge in [-0.2, -0.15) is 0 Å². The predicted molar refractivity (Wildman–Crippen MR) is 80.3 cm³/mol. The molecule has 1 rings (SSSR count). The van der Waals surface area contributed by atoms with Gasteiger partial charge in [-0.15, -0.1) is 6.42 Å². The number of nitrogens with one attached hydrogen (secondary N) is 1. The van der Waals surface area contributed by atoms with E-state index < -0.39 is 0 Å². The first-order valence-corrected chi connectivity index (χ1v) is 6.30. The molecule has 0 spiro atoms. The Balaban J connectivity index is 2.93. The second kappa shape index (κ2) is 5.89. The van der Waals surface area contributed by atoms with Gasteiger partial charge < -0.3 is 5.32 Å². The maximum atomic E-state index is 5.61. The van der Waals surface area contributed by atoms with Crippen molar-refractivity contribution in [1.82, 2.24) is 5.32 Å². The van der Waals surface area contributed by atoms with Crippen LogP contribution in [0, 0.1) is 17.8 Å². The molecule has 0 unspecified atom stereocenters. The Hall–Kier alpha value is -1.52. The van der Waals surface area contributed by atoms with Crippen molar-refractivity contribution < 1.29 is 0 Å². The number of allylic oxidation sites excluding steroid dienone is 1. The van der Waals surface area contributed by atoms with Gasteiger partial charge in [-0.25, -0.2) is 0 Å². The monoisotopic (exact) mass is 241 g/mol. The molecule has 0 saturated heterocycles. The highest BCUT2D eigenvalue weighted by atomic mass is 14.9. The first-order valence-electron chi connectivity index (χ1n) is 6.30. The minimum Gasteiger partial charge on any atom is -0.315 e. The minimum absolute atomic E-state index is 0.159. The van der Waals surface area contributed by atoms with Crippen LogP contribution in [0.15, 0.2) is 30.8 Å². The van der Waals surface area contributed by atoms with Crippen molar-refractivity contribution in [3.8, 4) is 12.3 Å². The predicted octanol–water partition coefficient (Wildman–Crippen LogP) is 3.51. The van der Waals surface area contributed by atoms with E-state index in [1.54, 1.807) is 0 Å². The van der Waals surface area contributed by atoms with Crippen molar-refractivity contribution >= 4 is 5.57 Å². The summed E-state index contributed by atoms with van der Waals surface area (Å²) in [6.07, 6.45) is 6.54. The molecule has 0 amide bonds. The van der Waals surface area contributed by atoms with Crippen LogP contribution in [0.25, 0.3) is 5.57 Å². The number of hydrogen-bond acceptors (Lipinski definition) is 1. The topological polar surface area (TPSA) is 12.0 Å². The maximum absolute atomic E-state index is 5.61. The van der Waals surface area contributed by atoms with Crippen LogP contribution in [0.2, 0.25) is 0 Å². The van der Waals surface area contributed by atoms with E-state index in [1.165, 1.54) is 11.1 Å². The maximum Gasteiger partial charge on any atom is 0.0411 e. The average Bonchev–Trinajstić information content (AvgIpc) is 2.36. The molecule has 1 nitrogen and oxygen atoms in total. The summed E-state index contributed by atoms with van der Waals surface area (Å²) in [7, 11) is 1.96. The van der Waals surface area contributed by atoms with Crippen LogP contribution in [0.4, 0.5) is 0 Å². The quantitative estimate of drug-likeness (QED) is 0.778. The first-order chi connectivity index (χ1) is 8.40. The third kappa shape index (κ3) is 3.48. The Morgan fingerprint density at radius 2 is 2.17 bits per heavy atom. The van der Waals surface area contributed by atoms with E-state index in [1.807, 2.05) is 14.0 Å². The summed E-state index contributed by atoms with van der Waals surface area (Å²) in [4.78, 5) is 0. The smallest absolute Gasteiger partial charge is 0.0411 e. The Morgan fingerprint density at radius 1 is 1.50 bits per heavy atom. The SMILES string of the molecule is C#CC(C)(C)[C@H](Cc1cccc(C(=C)C)c1)NC. The molecule has 0 aliphatic carbocycles. The van der Waals surface area contributed by atoms with Crippen LogP contribution in [0.3, 0.4) is 0 Å². The summed E-state index contributed by atoms with van der Waals surface area (Å²) >= 11 is 0. The molecule has 1 atom stereocenters. The van der Waals surface area contributed by atoms with Crippen LogP contribution >= 0.6 is 0 Å². The highest BCUT2D eigenvalue weighted by Crippen LogP contribution is 2.23. The second-order valence-electron chi connectivity index (χ2n) is 5.39. The van der Waals surface area contributed by atoms with E-state index in [4.69, 9.17) is 6.42 Å². The highest BCUT2D eigenvalue weighted by Gasteiger charge is 2.26. The first kappa shape index (κ1) is 14.5.